The molecule has 0 aliphatic carbocycles. The van der Waals surface area contributed by atoms with Crippen LogP contribution in [0.3, 0.4) is 0 Å². The van der Waals surface area contributed by atoms with Gasteiger partial charge in [-0.1, -0.05) is 28.1 Å². The molecule has 2 aromatic rings. The lowest BCUT2D eigenvalue weighted by Crippen LogP contribution is -2.33. The molecule has 0 atom stereocenters. The molecule has 0 unspecified atom stereocenters. The zero-order chi connectivity index (χ0) is 17.0. The predicted octanol–water partition coefficient (Wildman–Crippen LogP) is 3.31. The van der Waals surface area contributed by atoms with Gasteiger partial charge in [0.2, 0.25) is 5.91 Å². The summed E-state index contributed by atoms with van der Waals surface area (Å²) < 4.78 is 17.4. The minimum absolute atomic E-state index is 0.0899. The maximum absolute atomic E-state index is 11.8. The van der Waals surface area contributed by atoms with Gasteiger partial charge in [0.15, 0.2) is 5.79 Å². The van der Waals surface area contributed by atoms with Crippen molar-refractivity contribution in [3.05, 3.63) is 46.6 Å². The fourth-order valence-electron chi connectivity index (χ4n) is 2.35. The number of benzene rings is 1. The van der Waals surface area contributed by atoms with Crippen LogP contribution in [-0.2, 0) is 14.3 Å². The standard InChI is InChI=1S/C17H17BrN2O4/c1-17(22-8-9-23-17)10-16(21)20-19-11-14-6-7-15(24-14)12-2-4-13(18)5-3-12/h2-7,11H,8-10H2,1H3,(H,20,21)/b19-11+. The Labute approximate surface area is 148 Å². The Morgan fingerprint density at radius 1 is 1.25 bits per heavy atom. The summed E-state index contributed by atoms with van der Waals surface area (Å²) in [4.78, 5) is 11.8. The van der Waals surface area contributed by atoms with E-state index in [2.05, 4.69) is 26.5 Å². The number of nitrogens with one attached hydrogen (secondary N) is 1. The van der Waals surface area contributed by atoms with E-state index in [0.717, 1.165) is 15.8 Å². The van der Waals surface area contributed by atoms with E-state index in [1.165, 1.54) is 6.21 Å². The summed E-state index contributed by atoms with van der Waals surface area (Å²) in [5.41, 5.74) is 3.41. The topological polar surface area (TPSA) is 73.1 Å². The highest BCUT2D eigenvalue weighted by Crippen LogP contribution is 2.24. The summed E-state index contributed by atoms with van der Waals surface area (Å²) >= 11 is 3.40. The molecule has 0 spiro atoms. The third-order valence-electron chi connectivity index (χ3n) is 3.52. The smallest absolute Gasteiger partial charge is 0.245 e. The number of hydrogen-bond donors (Lipinski definition) is 1. The maximum atomic E-state index is 11.8. The highest BCUT2D eigenvalue weighted by atomic mass is 79.9. The molecule has 1 amide bonds. The second-order valence-electron chi connectivity index (χ2n) is 5.51. The third-order valence-corrected chi connectivity index (χ3v) is 4.05. The number of halogens is 1. The van der Waals surface area contributed by atoms with Crippen molar-refractivity contribution in [3.8, 4) is 11.3 Å². The Morgan fingerprint density at radius 3 is 2.67 bits per heavy atom. The Bertz CT molecular complexity index is 733. The van der Waals surface area contributed by atoms with E-state index in [-0.39, 0.29) is 12.3 Å². The molecule has 24 heavy (non-hydrogen) atoms. The number of amides is 1. The van der Waals surface area contributed by atoms with E-state index in [1.54, 1.807) is 13.0 Å². The molecule has 3 rings (SSSR count). The van der Waals surface area contributed by atoms with E-state index >= 15 is 0 Å². The van der Waals surface area contributed by atoms with Gasteiger partial charge < -0.3 is 13.9 Å². The largest absolute Gasteiger partial charge is 0.455 e. The van der Waals surface area contributed by atoms with E-state index in [0.29, 0.717) is 19.0 Å². The zero-order valence-electron chi connectivity index (χ0n) is 13.1. The first kappa shape index (κ1) is 16.9. The molecule has 1 aromatic carbocycles. The predicted molar refractivity (Wildman–Crippen MR) is 92.5 cm³/mol. The van der Waals surface area contributed by atoms with Gasteiger partial charge in [-0.15, -0.1) is 0 Å². The summed E-state index contributed by atoms with van der Waals surface area (Å²) in [5, 5.41) is 3.90. The van der Waals surface area contributed by atoms with Crippen molar-refractivity contribution in [1.29, 1.82) is 0 Å². The van der Waals surface area contributed by atoms with Gasteiger partial charge in [-0.3, -0.25) is 4.79 Å². The Balaban J connectivity index is 1.55. The summed E-state index contributed by atoms with van der Waals surface area (Å²) in [6.45, 7) is 2.73. The quantitative estimate of drug-likeness (QED) is 0.625. The third kappa shape index (κ3) is 4.31. The van der Waals surface area contributed by atoms with Crippen molar-refractivity contribution >= 4 is 28.1 Å². The van der Waals surface area contributed by atoms with Crippen molar-refractivity contribution in [3.63, 3.8) is 0 Å². The molecule has 7 heteroatoms. The van der Waals surface area contributed by atoms with Gasteiger partial charge in [0, 0.05) is 10.0 Å². The number of nitrogens with zero attached hydrogens (tertiary/aromatic N) is 1. The Morgan fingerprint density at radius 2 is 1.96 bits per heavy atom. The highest BCUT2D eigenvalue weighted by molar-refractivity contribution is 9.10. The first-order chi connectivity index (χ1) is 11.5. The van der Waals surface area contributed by atoms with Crippen LogP contribution in [0.1, 0.15) is 19.1 Å². The van der Waals surface area contributed by atoms with Crippen LogP contribution in [0.5, 0.6) is 0 Å². The molecule has 1 fully saturated rings. The minimum atomic E-state index is -0.862. The number of furan rings is 1. The van der Waals surface area contributed by atoms with Gasteiger partial charge in [-0.05, 0) is 31.2 Å². The zero-order valence-corrected chi connectivity index (χ0v) is 14.7. The summed E-state index contributed by atoms with van der Waals surface area (Å²) in [5.74, 6) is 0.137. The molecular weight excluding hydrogens is 376 g/mol. The van der Waals surface area contributed by atoms with Crippen molar-refractivity contribution in [2.24, 2.45) is 5.10 Å². The Hall–Kier alpha value is -1.96. The summed E-state index contributed by atoms with van der Waals surface area (Å²) in [6.07, 6.45) is 1.55. The van der Waals surface area contributed by atoms with Crippen LogP contribution in [0.4, 0.5) is 0 Å². The second kappa shape index (κ2) is 7.29. The number of hydrazone groups is 1. The molecule has 1 aromatic heterocycles. The lowest BCUT2D eigenvalue weighted by Gasteiger charge is -2.20. The number of carbonyl (C=O) groups is 1. The molecule has 2 heterocycles. The van der Waals surface area contributed by atoms with E-state index < -0.39 is 5.79 Å². The molecule has 1 aliphatic rings. The van der Waals surface area contributed by atoms with Crippen LogP contribution in [-0.4, -0.2) is 31.1 Å². The number of hydrogen-bond acceptors (Lipinski definition) is 5. The number of ether oxygens (including phenoxy) is 2. The van der Waals surface area contributed by atoms with Gasteiger partial charge in [-0.25, -0.2) is 5.43 Å². The summed E-state index contributed by atoms with van der Waals surface area (Å²) in [7, 11) is 0. The van der Waals surface area contributed by atoms with Crippen molar-refractivity contribution in [1.82, 2.24) is 5.43 Å². The molecule has 1 aliphatic heterocycles. The van der Waals surface area contributed by atoms with Gasteiger partial charge in [0.25, 0.3) is 0 Å². The van der Waals surface area contributed by atoms with E-state index in [9.17, 15) is 4.79 Å². The van der Waals surface area contributed by atoms with Crippen molar-refractivity contribution in [2.75, 3.05) is 13.2 Å². The van der Waals surface area contributed by atoms with Crippen LogP contribution in [0.15, 0.2) is 50.4 Å². The van der Waals surface area contributed by atoms with Gasteiger partial charge in [0.05, 0.1) is 25.8 Å². The Kier molecular flexibility index (Phi) is 5.13. The average molecular weight is 393 g/mol. The monoisotopic (exact) mass is 392 g/mol. The van der Waals surface area contributed by atoms with Crippen LogP contribution in [0.25, 0.3) is 11.3 Å². The van der Waals surface area contributed by atoms with Crippen LogP contribution in [0.2, 0.25) is 0 Å². The first-order valence-electron chi connectivity index (χ1n) is 7.50. The molecular formula is C17H17BrN2O4. The lowest BCUT2D eigenvalue weighted by atomic mass is 10.2. The molecule has 126 valence electrons. The molecule has 0 bridgehead atoms. The maximum Gasteiger partial charge on any atom is 0.245 e. The summed E-state index contributed by atoms with van der Waals surface area (Å²) in [6, 6.07) is 11.4. The van der Waals surface area contributed by atoms with Crippen LogP contribution in [0, 0.1) is 0 Å². The van der Waals surface area contributed by atoms with Crippen molar-refractivity contribution < 1.29 is 18.7 Å². The molecule has 0 saturated carbocycles. The van der Waals surface area contributed by atoms with Gasteiger partial charge in [-0.2, -0.15) is 5.10 Å². The van der Waals surface area contributed by atoms with Gasteiger partial charge in [0.1, 0.15) is 11.5 Å². The number of carbonyl (C=O) groups excluding carboxylic acids is 1. The molecule has 1 saturated heterocycles. The SMILES string of the molecule is CC1(CC(=O)N/N=C/c2ccc(-c3ccc(Br)cc3)o2)OCCO1. The fraction of sp³-hybridized carbons (Fsp3) is 0.294. The minimum Gasteiger partial charge on any atom is -0.455 e. The molecule has 6 nitrogen and oxygen atoms in total. The number of rotatable bonds is 5. The van der Waals surface area contributed by atoms with Crippen LogP contribution >= 0.6 is 15.9 Å². The average Bonchev–Trinajstić information content (AvgIpc) is 3.17. The fourth-order valence-corrected chi connectivity index (χ4v) is 2.61. The van der Waals surface area contributed by atoms with Gasteiger partial charge >= 0.3 is 0 Å². The van der Waals surface area contributed by atoms with E-state index in [4.69, 9.17) is 13.9 Å². The molecule has 1 N–H and O–H groups in total. The molecule has 0 radical (unpaired) electrons. The second-order valence-corrected chi connectivity index (χ2v) is 6.43. The lowest BCUT2D eigenvalue weighted by molar-refractivity contribution is -0.159. The first-order valence-corrected chi connectivity index (χ1v) is 8.29. The van der Waals surface area contributed by atoms with Crippen LogP contribution < -0.4 is 5.43 Å². The highest BCUT2D eigenvalue weighted by Gasteiger charge is 2.33. The van der Waals surface area contributed by atoms with E-state index in [1.807, 2.05) is 30.3 Å². The van der Waals surface area contributed by atoms with Crippen molar-refractivity contribution in [2.45, 2.75) is 19.1 Å². The normalized spacial score (nSPS) is 16.6.